The molecule has 0 atom stereocenters. The van der Waals surface area contributed by atoms with Crippen LogP contribution in [0.4, 0.5) is 0 Å². The fourth-order valence-corrected chi connectivity index (χ4v) is 3.42. The maximum absolute atomic E-state index is 12.0. The van der Waals surface area contributed by atoms with Crippen LogP contribution in [0.25, 0.3) is 5.69 Å². The van der Waals surface area contributed by atoms with Crippen LogP contribution >= 0.6 is 0 Å². The van der Waals surface area contributed by atoms with E-state index in [4.69, 9.17) is 5.84 Å². The molecule has 0 saturated heterocycles. The number of rotatable bonds is 4. The van der Waals surface area contributed by atoms with Crippen LogP contribution in [0, 0.1) is 5.41 Å². The first-order chi connectivity index (χ1) is 11.3. The number of hydrogen-bond donors (Lipinski definition) is 2. The summed E-state index contributed by atoms with van der Waals surface area (Å²) in [7, 11) is 1.78. The van der Waals surface area contributed by atoms with Crippen molar-refractivity contribution in [3.8, 4) is 5.69 Å². The maximum Gasteiger partial charge on any atom is 0.354 e. The van der Waals surface area contributed by atoms with Gasteiger partial charge in [0.15, 0.2) is 5.69 Å². The molecular formula is C18H24N4O2. The van der Waals surface area contributed by atoms with Gasteiger partial charge in [-0.05, 0) is 36.3 Å². The molecule has 0 aliphatic heterocycles. The molecule has 1 aromatic heterocycles. The van der Waals surface area contributed by atoms with Gasteiger partial charge in [-0.15, -0.1) is 0 Å². The Kier molecular flexibility index (Phi) is 4.19. The Balaban J connectivity index is 2.17. The number of aryl methyl sites for hydroxylation is 1. The minimum Gasteiger partial charge on any atom is -0.476 e. The topological polar surface area (TPSA) is 84.4 Å². The lowest BCUT2D eigenvalue weighted by molar-refractivity contribution is 0.0685. The fourth-order valence-electron chi connectivity index (χ4n) is 3.42. The summed E-state index contributed by atoms with van der Waals surface area (Å²) in [5.74, 6) is 4.86. The Labute approximate surface area is 141 Å². The summed E-state index contributed by atoms with van der Waals surface area (Å²) in [6.45, 7) is 4.87. The molecule has 3 N–H and O–H groups in total. The SMILES string of the molecule is CN(N)Cc1ccccc1-n1nc2c(c1C(=O)O)CC(C)(C)CC2. The van der Waals surface area contributed by atoms with Crippen molar-refractivity contribution in [1.82, 2.24) is 14.8 Å². The van der Waals surface area contributed by atoms with Gasteiger partial charge in [0, 0.05) is 19.2 Å². The first-order valence-electron chi connectivity index (χ1n) is 8.17. The van der Waals surface area contributed by atoms with Gasteiger partial charge >= 0.3 is 5.97 Å². The van der Waals surface area contributed by atoms with Gasteiger partial charge in [-0.1, -0.05) is 32.0 Å². The highest BCUT2D eigenvalue weighted by Gasteiger charge is 2.33. The number of carbonyl (C=O) groups is 1. The highest BCUT2D eigenvalue weighted by Crippen LogP contribution is 2.37. The van der Waals surface area contributed by atoms with Crippen LogP contribution in [0.1, 0.15) is 47.6 Å². The van der Waals surface area contributed by atoms with Crippen molar-refractivity contribution in [2.24, 2.45) is 11.3 Å². The molecule has 0 bridgehead atoms. The average Bonchev–Trinajstić information content (AvgIpc) is 2.84. The monoisotopic (exact) mass is 328 g/mol. The van der Waals surface area contributed by atoms with E-state index in [1.165, 1.54) is 0 Å². The zero-order valence-corrected chi connectivity index (χ0v) is 14.4. The van der Waals surface area contributed by atoms with E-state index in [1.807, 2.05) is 24.3 Å². The molecule has 1 aliphatic rings. The second kappa shape index (κ2) is 6.03. The molecule has 1 aliphatic carbocycles. The normalized spacial score (nSPS) is 16.2. The summed E-state index contributed by atoms with van der Waals surface area (Å²) in [6.07, 6.45) is 2.57. The van der Waals surface area contributed by atoms with Crippen molar-refractivity contribution in [3.63, 3.8) is 0 Å². The van der Waals surface area contributed by atoms with Crippen molar-refractivity contribution in [2.75, 3.05) is 7.05 Å². The molecule has 0 radical (unpaired) electrons. The van der Waals surface area contributed by atoms with E-state index in [0.29, 0.717) is 6.54 Å². The molecule has 0 unspecified atom stereocenters. The molecule has 24 heavy (non-hydrogen) atoms. The van der Waals surface area contributed by atoms with Crippen LogP contribution in [-0.4, -0.2) is 32.9 Å². The van der Waals surface area contributed by atoms with Crippen LogP contribution in [-0.2, 0) is 19.4 Å². The number of para-hydroxylation sites is 1. The summed E-state index contributed by atoms with van der Waals surface area (Å²) < 4.78 is 1.59. The molecule has 6 heteroatoms. The average molecular weight is 328 g/mol. The number of benzene rings is 1. The van der Waals surface area contributed by atoms with E-state index in [-0.39, 0.29) is 11.1 Å². The molecular weight excluding hydrogens is 304 g/mol. The van der Waals surface area contributed by atoms with Crippen LogP contribution < -0.4 is 5.84 Å². The van der Waals surface area contributed by atoms with Crippen molar-refractivity contribution in [2.45, 2.75) is 39.7 Å². The number of hydrazine groups is 1. The Morgan fingerprint density at radius 3 is 2.79 bits per heavy atom. The van der Waals surface area contributed by atoms with Crippen molar-refractivity contribution in [1.29, 1.82) is 0 Å². The number of nitrogens with zero attached hydrogens (tertiary/aromatic N) is 3. The van der Waals surface area contributed by atoms with Crippen molar-refractivity contribution in [3.05, 3.63) is 46.8 Å². The van der Waals surface area contributed by atoms with Crippen LogP contribution in [0.15, 0.2) is 24.3 Å². The third-order valence-corrected chi connectivity index (χ3v) is 4.60. The lowest BCUT2D eigenvalue weighted by Crippen LogP contribution is -2.26. The van der Waals surface area contributed by atoms with Crippen molar-refractivity contribution >= 4 is 5.97 Å². The molecule has 2 aromatic rings. The minimum absolute atomic E-state index is 0.0993. The summed E-state index contributed by atoms with van der Waals surface area (Å²) in [4.78, 5) is 12.0. The first kappa shape index (κ1) is 16.7. The number of carboxylic acids is 1. The van der Waals surface area contributed by atoms with Crippen LogP contribution in [0.5, 0.6) is 0 Å². The minimum atomic E-state index is -0.933. The quantitative estimate of drug-likeness (QED) is 0.665. The lowest BCUT2D eigenvalue weighted by atomic mass is 9.76. The van der Waals surface area contributed by atoms with Crippen molar-refractivity contribution < 1.29 is 9.90 Å². The predicted molar refractivity (Wildman–Crippen MR) is 92.0 cm³/mol. The van der Waals surface area contributed by atoms with Crippen LogP contribution in [0.2, 0.25) is 0 Å². The van der Waals surface area contributed by atoms with E-state index >= 15 is 0 Å². The Hall–Kier alpha value is -2.18. The molecule has 128 valence electrons. The van der Waals surface area contributed by atoms with Gasteiger partial charge in [0.05, 0.1) is 11.4 Å². The first-order valence-corrected chi connectivity index (χ1v) is 8.17. The largest absolute Gasteiger partial charge is 0.476 e. The summed E-state index contributed by atoms with van der Waals surface area (Å²) in [6, 6.07) is 7.67. The maximum atomic E-state index is 12.0. The van der Waals surface area contributed by atoms with Gasteiger partial charge in [-0.3, -0.25) is 5.84 Å². The molecule has 0 saturated carbocycles. The Morgan fingerprint density at radius 1 is 1.42 bits per heavy atom. The summed E-state index contributed by atoms with van der Waals surface area (Å²) in [5, 5.41) is 16.0. The van der Waals surface area contributed by atoms with Gasteiger partial charge in [0.2, 0.25) is 0 Å². The molecule has 1 aromatic carbocycles. The van der Waals surface area contributed by atoms with E-state index in [9.17, 15) is 9.90 Å². The zero-order chi connectivity index (χ0) is 17.5. The lowest BCUT2D eigenvalue weighted by Gasteiger charge is -2.28. The van der Waals surface area contributed by atoms with E-state index in [0.717, 1.165) is 41.8 Å². The number of aromatic carboxylic acids is 1. The third-order valence-electron chi connectivity index (χ3n) is 4.60. The predicted octanol–water partition coefficient (Wildman–Crippen LogP) is 2.39. The number of hydrogen-bond acceptors (Lipinski definition) is 4. The second-order valence-corrected chi connectivity index (χ2v) is 7.38. The van der Waals surface area contributed by atoms with Gasteiger partial charge in [0.25, 0.3) is 0 Å². The van der Waals surface area contributed by atoms with E-state index in [1.54, 1.807) is 16.7 Å². The summed E-state index contributed by atoms with van der Waals surface area (Å²) in [5.41, 5.74) is 3.88. The smallest absolute Gasteiger partial charge is 0.354 e. The molecule has 0 spiro atoms. The molecule has 3 rings (SSSR count). The number of aromatic nitrogens is 2. The standard InChI is InChI=1S/C18H24N4O2/c1-18(2)9-8-14-13(10-18)16(17(23)24)22(20-14)15-7-5-4-6-12(15)11-21(3)19/h4-7H,8-11,19H2,1-3H3,(H,23,24). The van der Waals surface area contributed by atoms with Gasteiger partial charge in [-0.2, -0.15) is 5.10 Å². The Morgan fingerprint density at radius 2 is 2.12 bits per heavy atom. The summed E-state index contributed by atoms with van der Waals surface area (Å²) >= 11 is 0. The highest BCUT2D eigenvalue weighted by molar-refractivity contribution is 5.88. The fraction of sp³-hybridized carbons (Fsp3) is 0.444. The van der Waals surface area contributed by atoms with Gasteiger partial charge in [-0.25, -0.2) is 14.5 Å². The van der Waals surface area contributed by atoms with E-state index < -0.39 is 5.97 Å². The molecule has 1 heterocycles. The Bertz CT molecular complexity index is 777. The number of nitrogens with two attached hydrogens (primary N) is 1. The molecule has 0 amide bonds. The highest BCUT2D eigenvalue weighted by atomic mass is 16.4. The van der Waals surface area contributed by atoms with Gasteiger partial charge < -0.3 is 5.11 Å². The second-order valence-electron chi connectivity index (χ2n) is 7.38. The number of carboxylic acid groups (broad SMARTS) is 1. The molecule has 6 nitrogen and oxygen atoms in total. The molecule has 0 fully saturated rings. The van der Waals surface area contributed by atoms with Crippen LogP contribution in [0.3, 0.4) is 0 Å². The number of fused-ring (bicyclic) bond motifs is 1. The third kappa shape index (κ3) is 3.07. The zero-order valence-electron chi connectivity index (χ0n) is 14.4. The van der Waals surface area contributed by atoms with Gasteiger partial charge in [0.1, 0.15) is 0 Å². The van der Waals surface area contributed by atoms with E-state index in [2.05, 4.69) is 18.9 Å².